The molecule has 0 unspecified atom stereocenters. The van der Waals surface area contributed by atoms with E-state index in [0.29, 0.717) is 5.88 Å². The first-order valence-corrected chi connectivity index (χ1v) is 4.85. The van der Waals surface area contributed by atoms with Gasteiger partial charge in [0, 0.05) is 32.9 Å². The summed E-state index contributed by atoms with van der Waals surface area (Å²) in [6.45, 7) is 11.7. The third kappa shape index (κ3) is 4.21. The fourth-order valence-corrected chi connectivity index (χ4v) is 1.01. The zero-order valence-electron chi connectivity index (χ0n) is 9.84. The topological polar surface area (TPSA) is 15.7 Å². The van der Waals surface area contributed by atoms with Crippen LogP contribution in [0.25, 0.3) is 0 Å². The molecule has 0 N–H and O–H groups in total. The first-order chi connectivity index (χ1) is 6.52. The van der Waals surface area contributed by atoms with Crippen LogP contribution in [0, 0.1) is 0 Å². The van der Waals surface area contributed by atoms with Crippen molar-refractivity contribution in [2.75, 3.05) is 34.3 Å². The SMILES string of the molecule is C=C(CC)N(C)CCN(C)C(=C)OC. The molecule has 0 saturated carbocycles. The fourth-order valence-electron chi connectivity index (χ4n) is 1.01. The molecule has 0 saturated heterocycles. The number of likely N-dealkylation sites (N-methyl/N-ethyl adjacent to an activating group) is 2. The zero-order chi connectivity index (χ0) is 11.1. The Morgan fingerprint density at radius 1 is 1.14 bits per heavy atom. The van der Waals surface area contributed by atoms with E-state index in [9.17, 15) is 0 Å². The molecule has 0 radical (unpaired) electrons. The Kier molecular flexibility index (Phi) is 5.84. The molecule has 82 valence electrons. The lowest BCUT2D eigenvalue weighted by atomic mass is 10.3. The average molecular weight is 198 g/mol. The summed E-state index contributed by atoms with van der Waals surface area (Å²) in [5.74, 6) is 0.695. The van der Waals surface area contributed by atoms with Crippen molar-refractivity contribution in [3.05, 3.63) is 24.7 Å². The van der Waals surface area contributed by atoms with Crippen molar-refractivity contribution >= 4 is 0 Å². The number of nitrogens with zero attached hydrogens (tertiary/aromatic N) is 2. The molecule has 0 fully saturated rings. The minimum absolute atomic E-state index is 0.695. The molecule has 0 aliphatic rings. The Bertz CT molecular complexity index is 179. The third-order valence-electron chi connectivity index (χ3n) is 2.38. The molecule has 0 bridgehead atoms. The second-order valence-electron chi connectivity index (χ2n) is 3.36. The first-order valence-electron chi connectivity index (χ1n) is 4.85. The van der Waals surface area contributed by atoms with E-state index >= 15 is 0 Å². The second-order valence-corrected chi connectivity index (χ2v) is 3.36. The number of hydrogen-bond acceptors (Lipinski definition) is 3. The normalized spacial score (nSPS) is 9.43. The monoisotopic (exact) mass is 198 g/mol. The summed E-state index contributed by atoms with van der Waals surface area (Å²) in [5.41, 5.74) is 1.15. The van der Waals surface area contributed by atoms with Crippen LogP contribution in [-0.4, -0.2) is 44.1 Å². The smallest absolute Gasteiger partial charge is 0.181 e. The molecule has 3 heteroatoms. The Morgan fingerprint density at radius 3 is 2.07 bits per heavy atom. The second kappa shape index (κ2) is 6.35. The molecule has 0 aromatic rings. The molecule has 0 aliphatic carbocycles. The van der Waals surface area contributed by atoms with E-state index in [0.717, 1.165) is 25.2 Å². The molecule has 3 nitrogen and oxygen atoms in total. The summed E-state index contributed by atoms with van der Waals surface area (Å²) < 4.78 is 5.02. The molecule has 14 heavy (non-hydrogen) atoms. The molecule has 0 heterocycles. The average Bonchev–Trinajstić information content (AvgIpc) is 2.22. The predicted molar refractivity (Wildman–Crippen MR) is 60.8 cm³/mol. The maximum atomic E-state index is 5.02. The third-order valence-corrected chi connectivity index (χ3v) is 2.38. The van der Waals surface area contributed by atoms with Crippen LogP contribution in [-0.2, 0) is 4.74 Å². The van der Waals surface area contributed by atoms with Crippen LogP contribution >= 0.6 is 0 Å². The molecule has 0 spiro atoms. The highest BCUT2D eigenvalue weighted by molar-refractivity contribution is 4.91. The minimum atomic E-state index is 0.695. The molecule has 0 atom stereocenters. The summed E-state index contributed by atoms with van der Waals surface area (Å²) in [5, 5.41) is 0. The summed E-state index contributed by atoms with van der Waals surface area (Å²) in [7, 11) is 5.65. The lowest BCUT2D eigenvalue weighted by molar-refractivity contribution is 0.168. The Balaban J connectivity index is 3.82. The van der Waals surface area contributed by atoms with Crippen LogP contribution in [0.1, 0.15) is 13.3 Å². The van der Waals surface area contributed by atoms with Gasteiger partial charge in [0.1, 0.15) is 0 Å². The van der Waals surface area contributed by atoms with Crippen molar-refractivity contribution in [3.63, 3.8) is 0 Å². The van der Waals surface area contributed by atoms with Crippen molar-refractivity contribution in [2.24, 2.45) is 0 Å². The van der Waals surface area contributed by atoms with Crippen LogP contribution in [0.2, 0.25) is 0 Å². The number of allylic oxidation sites excluding steroid dienone is 1. The van der Waals surface area contributed by atoms with Gasteiger partial charge in [0.25, 0.3) is 0 Å². The van der Waals surface area contributed by atoms with Gasteiger partial charge in [-0.05, 0) is 13.0 Å². The van der Waals surface area contributed by atoms with Crippen molar-refractivity contribution in [1.82, 2.24) is 9.80 Å². The summed E-state index contributed by atoms with van der Waals surface area (Å²) in [4.78, 5) is 4.14. The maximum Gasteiger partial charge on any atom is 0.181 e. The van der Waals surface area contributed by atoms with Crippen molar-refractivity contribution in [3.8, 4) is 0 Å². The number of ether oxygens (including phenoxy) is 1. The summed E-state index contributed by atoms with van der Waals surface area (Å²) in [6.07, 6.45) is 0.992. The number of rotatable bonds is 7. The van der Waals surface area contributed by atoms with E-state index in [-0.39, 0.29) is 0 Å². The van der Waals surface area contributed by atoms with Crippen LogP contribution in [0.15, 0.2) is 24.7 Å². The van der Waals surface area contributed by atoms with Gasteiger partial charge in [0.2, 0.25) is 0 Å². The molecule has 0 amide bonds. The van der Waals surface area contributed by atoms with Gasteiger partial charge in [-0.3, -0.25) is 0 Å². The minimum Gasteiger partial charge on any atom is -0.483 e. The summed E-state index contributed by atoms with van der Waals surface area (Å²) in [6, 6.07) is 0. The van der Waals surface area contributed by atoms with Crippen molar-refractivity contribution in [1.29, 1.82) is 0 Å². The van der Waals surface area contributed by atoms with E-state index in [1.54, 1.807) is 7.11 Å². The van der Waals surface area contributed by atoms with Crippen LogP contribution in [0.4, 0.5) is 0 Å². The molecular weight excluding hydrogens is 176 g/mol. The molecular formula is C11H22N2O. The van der Waals surface area contributed by atoms with E-state index in [4.69, 9.17) is 4.74 Å². The highest BCUT2D eigenvalue weighted by atomic mass is 16.5. The van der Waals surface area contributed by atoms with E-state index in [1.165, 1.54) is 0 Å². The van der Waals surface area contributed by atoms with Gasteiger partial charge < -0.3 is 14.5 Å². The number of methoxy groups -OCH3 is 1. The molecule has 0 rings (SSSR count). The van der Waals surface area contributed by atoms with Gasteiger partial charge >= 0.3 is 0 Å². The highest BCUT2D eigenvalue weighted by Gasteiger charge is 2.04. The van der Waals surface area contributed by atoms with Gasteiger partial charge in [0.05, 0.1) is 7.11 Å². The Hall–Kier alpha value is -1.12. The first kappa shape index (κ1) is 12.9. The quantitative estimate of drug-likeness (QED) is 0.581. The lowest BCUT2D eigenvalue weighted by Gasteiger charge is -2.26. The van der Waals surface area contributed by atoms with Crippen molar-refractivity contribution in [2.45, 2.75) is 13.3 Å². The maximum absolute atomic E-state index is 5.02. The van der Waals surface area contributed by atoms with Gasteiger partial charge in [0.15, 0.2) is 5.88 Å². The fraction of sp³-hybridized carbons (Fsp3) is 0.636. The van der Waals surface area contributed by atoms with Gasteiger partial charge in [-0.2, -0.15) is 0 Å². The highest BCUT2D eigenvalue weighted by Crippen LogP contribution is 2.04. The van der Waals surface area contributed by atoms with Crippen molar-refractivity contribution < 1.29 is 4.74 Å². The molecule has 0 aromatic heterocycles. The largest absolute Gasteiger partial charge is 0.483 e. The predicted octanol–water partition coefficient (Wildman–Crippen LogP) is 1.89. The van der Waals surface area contributed by atoms with E-state index in [2.05, 4.69) is 32.0 Å². The standard InChI is InChI=1S/C11H22N2O/c1-7-10(2)12(4)8-9-13(5)11(3)14-6/h2-3,7-9H2,1,4-6H3. The van der Waals surface area contributed by atoms with Crippen LogP contribution < -0.4 is 0 Å². The Morgan fingerprint density at radius 2 is 1.64 bits per heavy atom. The molecule has 0 aliphatic heterocycles. The zero-order valence-corrected chi connectivity index (χ0v) is 9.84. The lowest BCUT2D eigenvalue weighted by Crippen LogP contribution is -2.29. The van der Waals surface area contributed by atoms with Crippen LogP contribution in [0.5, 0.6) is 0 Å². The van der Waals surface area contributed by atoms with E-state index < -0.39 is 0 Å². The Labute approximate surface area is 87.6 Å². The summed E-state index contributed by atoms with van der Waals surface area (Å²) >= 11 is 0. The van der Waals surface area contributed by atoms with Gasteiger partial charge in [-0.25, -0.2) is 0 Å². The van der Waals surface area contributed by atoms with Gasteiger partial charge in [-0.1, -0.05) is 13.5 Å². The van der Waals surface area contributed by atoms with Crippen LogP contribution in [0.3, 0.4) is 0 Å². The number of hydrogen-bond donors (Lipinski definition) is 0. The van der Waals surface area contributed by atoms with E-state index in [1.807, 2.05) is 11.9 Å². The molecule has 0 aromatic carbocycles. The van der Waals surface area contributed by atoms with Gasteiger partial charge in [-0.15, -0.1) is 0 Å².